The molecule has 0 N–H and O–H groups in total. The number of ketones is 1. The van der Waals surface area contributed by atoms with Crippen LogP contribution in [0.15, 0.2) is 30.3 Å². The predicted molar refractivity (Wildman–Crippen MR) is 72.3 cm³/mol. The molecule has 0 spiro atoms. The zero-order valence-corrected chi connectivity index (χ0v) is 11.5. The van der Waals surface area contributed by atoms with E-state index in [1.165, 1.54) is 7.11 Å². The van der Waals surface area contributed by atoms with Crippen molar-refractivity contribution in [3.8, 4) is 5.75 Å². The number of methoxy groups -OCH3 is 1. The molecule has 0 aliphatic carbocycles. The molecule has 0 bridgehead atoms. The lowest BCUT2D eigenvalue weighted by Gasteiger charge is -2.08. The Morgan fingerprint density at radius 3 is 1.90 bits per heavy atom. The number of hydrogen-bond donors (Lipinski definition) is 0. The Morgan fingerprint density at radius 1 is 0.950 bits per heavy atom. The Balaban J connectivity index is 2.53. The Morgan fingerprint density at radius 2 is 1.45 bits per heavy atom. The fraction of sp³-hybridized carbons (Fsp3) is 0.188. The number of carbonyl (C=O) groups is 1. The summed E-state index contributed by atoms with van der Waals surface area (Å²) in [4.78, 5) is 12.3. The zero-order valence-electron chi connectivity index (χ0n) is 11.5. The molecule has 2 aromatic rings. The number of benzene rings is 2. The summed E-state index contributed by atoms with van der Waals surface area (Å²) in [6.07, 6.45) is 0. The van der Waals surface area contributed by atoms with E-state index in [2.05, 4.69) is 0 Å². The molecule has 0 unspecified atom stereocenters. The standard InChI is InChI=1S/C16H14F2O2/c1-9-4-10(2)6-11(5-9)16(19)15-13(17)7-12(20-3)8-14(15)18/h4-8H,1-3H3. The second kappa shape index (κ2) is 5.41. The predicted octanol–water partition coefficient (Wildman–Crippen LogP) is 3.82. The second-order valence-electron chi connectivity index (χ2n) is 4.67. The van der Waals surface area contributed by atoms with Crippen LogP contribution in [0.25, 0.3) is 0 Å². The maximum absolute atomic E-state index is 13.9. The molecule has 0 radical (unpaired) electrons. The minimum Gasteiger partial charge on any atom is -0.497 e. The van der Waals surface area contributed by atoms with Gasteiger partial charge in [-0.3, -0.25) is 4.79 Å². The molecule has 0 saturated heterocycles. The average Bonchev–Trinajstić information content (AvgIpc) is 2.36. The summed E-state index contributed by atoms with van der Waals surface area (Å²) in [6, 6.07) is 7.10. The third-order valence-electron chi connectivity index (χ3n) is 2.96. The highest BCUT2D eigenvalue weighted by molar-refractivity contribution is 6.09. The molecule has 0 atom stereocenters. The van der Waals surface area contributed by atoms with Crippen LogP contribution in [0.4, 0.5) is 8.78 Å². The zero-order chi connectivity index (χ0) is 14.9. The van der Waals surface area contributed by atoms with Crippen LogP contribution in [0.1, 0.15) is 27.0 Å². The maximum Gasteiger partial charge on any atom is 0.198 e. The second-order valence-corrected chi connectivity index (χ2v) is 4.67. The van der Waals surface area contributed by atoms with Crippen molar-refractivity contribution in [3.05, 3.63) is 64.2 Å². The molecule has 0 saturated carbocycles. The molecule has 2 rings (SSSR count). The smallest absolute Gasteiger partial charge is 0.198 e. The van der Waals surface area contributed by atoms with Crippen LogP contribution < -0.4 is 4.74 Å². The fourth-order valence-electron chi connectivity index (χ4n) is 2.13. The molecule has 2 nitrogen and oxygen atoms in total. The molecule has 2 aromatic carbocycles. The molecule has 104 valence electrons. The van der Waals surface area contributed by atoms with E-state index in [9.17, 15) is 13.6 Å². The quantitative estimate of drug-likeness (QED) is 0.797. The number of carbonyl (C=O) groups excluding carboxylic acids is 1. The van der Waals surface area contributed by atoms with Crippen molar-refractivity contribution >= 4 is 5.78 Å². The van der Waals surface area contributed by atoms with E-state index in [-0.39, 0.29) is 11.3 Å². The van der Waals surface area contributed by atoms with Gasteiger partial charge in [0.15, 0.2) is 5.78 Å². The van der Waals surface area contributed by atoms with Crippen LogP contribution in [-0.2, 0) is 0 Å². The first-order valence-electron chi connectivity index (χ1n) is 6.08. The first-order chi connectivity index (χ1) is 9.42. The molecule has 4 heteroatoms. The Hall–Kier alpha value is -2.23. The minimum atomic E-state index is -0.925. The maximum atomic E-state index is 13.9. The van der Waals surface area contributed by atoms with Gasteiger partial charge in [-0.2, -0.15) is 0 Å². The third kappa shape index (κ3) is 2.69. The van der Waals surface area contributed by atoms with Crippen molar-refractivity contribution in [1.82, 2.24) is 0 Å². The van der Waals surface area contributed by atoms with Gasteiger partial charge in [-0.05, 0) is 26.0 Å². The first kappa shape index (κ1) is 14.2. The number of rotatable bonds is 3. The Kier molecular flexibility index (Phi) is 3.84. The summed E-state index contributed by atoms with van der Waals surface area (Å²) in [7, 11) is 1.31. The van der Waals surface area contributed by atoms with Gasteiger partial charge in [0, 0.05) is 17.7 Å². The molecular weight excluding hydrogens is 262 g/mol. The van der Waals surface area contributed by atoms with Crippen LogP contribution in [-0.4, -0.2) is 12.9 Å². The fourth-order valence-corrected chi connectivity index (χ4v) is 2.13. The van der Waals surface area contributed by atoms with Gasteiger partial charge >= 0.3 is 0 Å². The minimum absolute atomic E-state index is 0.0389. The van der Waals surface area contributed by atoms with Crippen molar-refractivity contribution in [2.75, 3.05) is 7.11 Å². The van der Waals surface area contributed by atoms with Crippen molar-refractivity contribution in [2.24, 2.45) is 0 Å². The molecule has 0 aliphatic rings. The summed E-state index contributed by atoms with van der Waals surface area (Å²) in [5, 5.41) is 0. The third-order valence-corrected chi connectivity index (χ3v) is 2.96. The van der Waals surface area contributed by atoms with Crippen LogP contribution in [0.5, 0.6) is 5.75 Å². The monoisotopic (exact) mass is 276 g/mol. The van der Waals surface area contributed by atoms with E-state index >= 15 is 0 Å². The van der Waals surface area contributed by atoms with Gasteiger partial charge in [0.25, 0.3) is 0 Å². The molecule has 0 fully saturated rings. The van der Waals surface area contributed by atoms with Crippen LogP contribution in [0.2, 0.25) is 0 Å². The molecule has 20 heavy (non-hydrogen) atoms. The molecule has 0 amide bonds. The SMILES string of the molecule is COc1cc(F)c(C(=O)c2cc(C)cc(C)c2)c(F)c1. The summed E-state index contributed by atoms with van der Waals surface area (Å²) >= 11 is 0. The van der Waals surface area contributed by atoms with Gasteiger partial charge in [-0.15, -0.1) is 0 Å². The summed E-state index contributed by atoms with van der Waals surface area (Å²) < 4.78 is 32.6. The lowest BCUT2D eigenvalue weighted by Crippen LogP contribution is -2.08. The number of halogens is 2. The molecule has 0 heterocycles. The van der Waals surface area contributed by atoms with E-state index in [1.54, 1.807) is 12.1 Å². The van der Waals surface area contributed by atoms with Gasteiger partial charge in [0.1, 0.15) is 17.4 Å². The highest BCUT2D eigenvalue weighted by Crippen LogP contribution is 2.23. The van der Waals surface area contributed by atoms with Crippen LogP contribution >= 0.6 is 0 Å². The topological polar surface area (TPSA) is 26.3 Å². The molecule has 0 aliphatic heterocycles. The summed E-state index contributed by atoms with van der Waals surface area (Å²) in [6.45, 7) is 3.65. The largest absolute Gasteiger partial charge is 0.497 e. The van der Waals surface area contributed by atoms with Crippen molar-refractivity contribution in [1.29, 1.82) is 0 Å². The average molecular weight is 276 g/mol. The number of hydrogen-bond acceptors (Lipinski definition) is 2. The van der Waals surface area contributed by atoms with E-state index in [0.717, 1.165) is 23.3 Å². The summed E-state index contributed by atoms with van der Waals surface area (Å²) in [5.41, 5.74) is 1.44. The number of ether oxygens (including phenoxy) is 1. The van der Waals surface area contributed by atoms with Gasteiger partial charge < -0.3 is 4.74 Å². The van der Waals surface area contributed by atoms with Crippen molar-refractivity contribution in [2.45, 2.75) is 13.8 Å². The van der Waals surface area contributed by atoms with Crippen molar-refractivity contribution in [3.63, 3.8) is 0 Å². The van der Waals surface area contributed by atoms with E-state index in [0.29, 0.717) is 0 Å². The highest BCUT2D eigenvalue weighted by Gasteiger charge is 2.20. The first-order valence-corrected chi connectivity index (χ1v) is 6.08. The molecular formula is C16H14F2O2. The van der Waals surface area contributed by atoms with Crippen LogP contribution in [0.3, 0.4) is 0 Å². The van der Waals surface area contributed by atoms with Gasteiger partial charge in [-0.1, -0.05) is 17.2 Å². The van der Waals surface area contributed by atoms with E-state index in [4.69, 9.17) is 4.74 Å². The van der Waals surface area contributed by atoms with E-state index in [1.807, 2.05) is 19.9 Å². The Labute approximate surface area is 116 Å². The van der Waals surface area contributed by atoms with Crippen molar-refractivity contribution < 1.29 is 18.3 Å². The lowest BCUT2D eigenvalue weighted by atomic mass is 9.98. The summed E-state index contributed by atoms with van der Waals surface area (Å²) in [5.74, 6) is -2.48. The van der Waals surface area contributed by atoms with Gasteiger partial charge in [0.2, 0.25) is 0 Å². The normalized spacial score (nSPS) is 10.4. The lowest BCUT2D eigenvalue weighted by molar-refractivity contribution is 0.103. The van der Waals surface area contributed by atoms with Gasteiger partial charge in [0.05, 0.1) is 12.7 Å². The Bertz CT molecular complexity index is 635. The molecule has 0 aromatic heterocycles. The van der Waals surface area contributed by atoms with E-state index < -0.39 is 23.0 Å². The number of aryl methyl sites for hydroxylation is 2. The van der Waals surface area contributed by atoms with Crippen LogP contribution in [0, 0.1) is 25.5 Å². The van der Waals surface area contributed by atoms with Gasteiger partial charge in [-0.25, -0.2) is 8.78 Å². The highest BCUT2D eigenvalue weighted by atomic mass is 19.1.